The Hall–Kier alpha value is -3.66. The molecule has 3 aromatic heterocycles. The fourth-order valence-electron chi connectivity index (χ4n) is 4.45. The molecular formula is C24H25N5O4S. The van der Waals surface area contributed by atoms with Crippen LogP contribution in [0.2, 0.25) is 0 Å². The third-order valence-corrected chi connectivity index (χ3v) is 7.53. The van der Waals surface area contributed by atoms with Gasteiger partial charge in [0, 0.05) is 28.6 Å². The number of hydrogen-bond acceptors (Lipinski definition) is 6. The minimum atomic E-state index is -3.88. The number of aromatic amines is 1. The standard InChI is InChI=1S/C24H25N5O4S/c25-24(30)23-22-18(13-21(28-23)33-14-15-6-2-1-3-7-15)17-12-16(9-10-19(17)27-22)34(31,32)29-20-8-4-5-11-26-20/h4-5,8-13,15,27H,1-3,6-7,14H2,(H2,25,30)(H,26,29). The molecule has 5 rings (SSSR count). The van der Waals surface area contributed by atoms with Crippen LogP contribution in [0.15, 0.2) is 53.6 Å². The average Bonchev–Trinajstić information content (AvgIpc) is 3.21. The number of rotatable bonds is 7. The summed E-state index contributed by atoms with van der Waals surface area (Å²) in [5, 5.41) is 1.23. The molecule has 0 atom stereocenters. The molecule has 4 aromatic rings. The summed E-state index contributed by atoms with van der Waals surface area (Å²) in [6.07, 6.45) is 7.37. The molecule has 3 heterocycles. The highest BCUT2D eigenvalue weighted by Gasteiger charge is 2.21. The fourth-order valence-corrected chi connectivity index (χ4v) is 5.48. The molecule has 0 bridgehead atoms. The number of nitrogens with one attached hydrogen (secondary N) is 2. The molecule has 0 unspecified atom stereocenters. The maximum atomic E-state index is 13.0. The summed E-state index contributed by atoms with van der Waals surface area (Å²) in [6, 6.07) is 11.4. The molecule has 1 aliphatic carbocycles. The highest BCUT2D eigenvalue weighted by Crippen LogP contribution is 2.32. The van der Waals surface area contributed by atoms with Crippen molar-refractivity contribution in [1.29, 1.82) is 0 Å². The Morgan fingerprint density at radius 2 is 1.94 bits per heavy atom. The van der Waals surface area contributed by atoms with Crippen LogP contribution in [0.5, 0.6) is 5.88 Å². The maximum absolute atomic E-state index is 13.0. The quantitative estimate of drug-likeness (QED) is 0.366. The molecule has 1 aliphatic rings. The number of pyridine rings is 2. The van der Waals surface area contributed by atoms with Gasteiger partial charge in [-0.25, -0.2) is 18.4 Å². The van der Waals surface area contributed by atoms with E-state index in [0.29, 0.717) is 40.2 Å². The van der Waals surface area contributed by atoms with Crippen molar-refractivity contribution in [2.45, 2.75) is 37.0 Å². The Morgan fingerprint density at radius 1 is 1.12 bits per heavy atom. The van der Waals surface area contributed by atoms with Gasteiger partial charge in [0.2, 0.25) is 5.88 Å². The number of nitrogens with zero attached hydrogens (tertiary/aromatic N) is 2. The van der Waals surface area contributed by atoms with Crippen molar-refractivity contribution in [2.24, 2.45) is 11.7 Å². The Morgan fingerprint density at radius 3 is 2.68 bits per heavy atom. The third kappa shape index (κ3) is 4.41. The summed E-state index contributed by atoms with van der Waals surface area (Å²) in [6.45, 7) is 0.521. The number of carbonyl (C=O) groups is 1. The first-order chi connectivity index (χ1) is 16.4. The minimum Gasteiger partial charge on any atom is -0.477 e. The van der Waals surface area contributed by atoms with E-state index in [1.807, 2.05) is 0 Å². The summed E-state index contributed by atoms with van der Waals surface area (Å²) in [7, 11) is -3.88. The summed E-state index contributed by atoms with van der Waals surface area (Å²) < 4.78 is 34.3. The Balaban J connectivity index is 1.54. The van der Waals surface area contributed by atoms with Gasteiger partial charge in [-0.1, -0.05) is 25.3 Å². The number of anilines is 1. The number of carbonyl (C=O) groups excluding carboxylic acids is 1. The molecule has 9 nitrogen and oxygen atoms in total. The lowest BCUT2D eigenvalue weighted by Crippen LogP contribution is -2.17. The summed E-state index contributed by atoms with van der Waals surface area (Å²) in [5.41, 5.74) is 6.76. The van der Waals surface area contributed by atoms with Crippen molar-refractivity contribution in [3.63, 3.8) is 0 Å². The van der Waals surface area contributed by atoms with Crippen molar-refractivity contribution in [2.75, 3.05) is 11.3 Å². The van der Waals surface area contributed by atoms with Gasteiger partial charge in [0.05, 0.1) is 17.0 Å². The highest BCUT2D eigenvalue weighted by atomic mass is 32.2. The van der Waals surface area contributed by atoms with Gasteiger partial charge >= 0.3 is 0 Å². The number of benzene rings is 1. The Labute approximate surface area is 196 Å². The summed E-state index contributed by atoms with van der Waals surface area (Å²) in [5.74, 6) is 0.290. The van der Waals surface area contributed by atoms with Crippen molar-refractivity contribution >= 4 is 43.6 Å². The Bertz CT molecular complexity index is 1460. The van der Waals surface area contributed by atoms with Gasteiger partial charge < -0.3 is 15.5 Å². The van der Waals surface area contributed by atoms with Crippen LogP contribution >= 0.6 is 0 Å². The topological polar surface area (TPSA) is 140 Å². The number of nitrogens with two attached hydrogens (primary N) is 1. The molecule has 1 aromatic carbocycles. The molecule has 0 saturated heterocycles. The van der Waals surface area contributed by atoms with E-state index < -0.39 is 15.9 Å². The molecule has 10 heteroatoms. The van der Waals surface area contributed by atoms with Crippen molar-refractivity contribution in [3.05, 3.63) is 54.4 Å². The van der Waals surface area contributed by atoms with E-state index in [-0.39, 0.29) is 16.4 Å². The van der Waals surface area contributed by atoms with Gasteiger partial charge in [-0.15, -0.1) is 0 Å². The highest BCUT2D eigenvalue weighted by molar-refractivity contribution is 7.92. The smallest absolute Gasteiger partial charge is 0.269 e. The average molecular weight is 480 g/mol. The lowest BCUT2D eigenvalue weighted by molar-refractivity contribution is 0.0995. The van der Waals surface area contributed by atoms with Crippen molar-refractivity contribution in [1.82, 2.24) is 15.0 Å². The van der Waals surface area contributed by atoms with Crippen LogP contribution in [0, 0.1) is 5.92 Å². The zero-order valence-corrected chi connectivity index (χ0v) is 19.3. The van der Waals surface area contributed by atoms with Crippen LogP contribution in [0.1, 0.15) is 42.6 Å². The van der Waals surface area contributed by atoms with E-state index in [2.05, 4.69) is 19.7 Å². The predicted molar refractivity (Wildman–Crippen MR) is 129 cm³/mol. The number of hydrogen-bond donors (Lipinski definition) is 3. The molecule has 1 amide bonds. The fraction of sp³-hybridized carbons (Fsp3) is 0.292. The largest absolute Gasteiger partial charge is 0.477 e. The summed E-state index contributed by atoms with van der Waals surface area (Å²) >= 11 is 0. The molecule has 0 radical (unpaired) electrons. The number of ether oxygens (including phenoxy) is 1. The van der Waals surface area contributed by atoms with Gasteiger partial charge in [-0.05, 0) is 49.1 Å². The molecule has 176 valence electrons. The van der Waals surface area contributed by atoms with E-state index in [1.54, 1.807) is 36.4 Å². The van der Waals surface area contributed by atoms with E-state index in [1.165, 1.54) is 31.5 Å². The van der Waals surface area contributed by atoms with Gasteiger partial charge in [-0.3, -0.25) is 9.52 Å². The molecule has 0 aliphatic heterocycles. The lowest BCUT2D eigenvalue weighted by atomic mass is 9.90. The first kappa shape index (κ1) is 22.1. The van der Waals surface area contributed by atoms with Crippen LogP contribution in [0.4, 0.5) is 5.82 Å². The monoisotopic (exact) mass is 479 g/mol. The number of amides is 1. The van der Waals surface area contributed by atoms with Crippen molar-refractivity contribution in [3.8, 4) is 5.88 Å². The molecule has 0 spiro atoms. The minimum absolute atomic E-state index is 0.0587. The number of fused-ring (bicyclic) bond motifs is 3. The van der Waals surface area contributed by atoms with Crippen LogP contribution in [-0.4, -0.2) is 35.9 Å². The molecule has 1 saturated carbocycles. The number of sulfonamides is 1. The van der Waals surface area contributed by atoms with Crippen molar-refractivity contribution < 1.29 is 17.9 Å². The Kier molecular flexibility index (Phi) is 5.82. The SMILES string of the molecule is NC(=O)c1nc(OCC2CCCCC2)cc2c1[nH]c1ccc(S(=O)(=O)Nc3ccccn3)cc12. The second kappa shape index (κ2) is 8.94. The van der Waals surface area contributed by atoms with E-state index in [4.69, 9.17) is 10.5 Å². The second-order valence-corrected chi connectivity index (χ2v) is 10.2. The molecule has 1 fully saturated rings. The van der Waals surface area contributed by atoms with E-state index in [0.717, 1.165) is 12.8 Å². The van der Waals surface area contributed by atoms with E-state index in [9.17, 15) is 13.2 Å². The molecular weight excluding hydrogens is 454 g/mol. The number of aromatic nitrogens is 3. The van der Waals surface area contributed by atoms with Crippen LogP contribution < -0.4 is 15.2 Å². The van der Waals surface area contributed by atoms with E-state index >= 15 is 0 Å². The van der Waals surface area contributed by atoms with Crippen LogP contribution in [-0.2, 0) is 10.0 Å². The normalized spacial score (nSPS) is 14.9. The van der Waals surface area contributed by atoms with Gasteiger partial charge in [0.1, 0.15) is 5.82 Å². The first-order valence-corrected chi connectivity index (χ1v) is 12.7. The zero-order chi connectivity index (χ0) is 23.7. The summed E-state index contributed by atoms with van der Waals surface area (Å²) in [4.78, 5) is 23.7. The number of primary amides is 1. The third-order valence-electron chi connectivity index (χ3n) is 6.18. The first-order valence-electron chi connectivity index (χ1n) is 11.2. The second-order valence-electron chi connectivity index (χ2n) is 8.56. The van der Waals surface area contributed by atoms with Gasteiger partial charge in [0.15, 0.2) is 5.69 Å². The zero-order valence-electron chi connectivity index (χ0n) is 18.5. The predicted octanol–water partition coefficient (Wildman–Crippen LogP) is 3.97. The van der Waals surface area contributed by atoms with Gasteiger partial charge in [0.25, 0.3) is 15.9 Å². The van der Waals surface area contributed by atoms with Crippen LogP contribution in [0.3, 0.4) is 0 Å². The maximum Gasteiger partial charge on any atom is 0.269 e. The van der Waals surface area contributed by atoms with Gasteiger partial charge in [-0.2, -0.15) is 0 Å². The molecule has 4 N–H and O–H groups in total. The van der Waals surface area contributed by atoms with Crippen LogP contribution in [0.25, 0.3) is 21.8 Å². The molecule has 34 heavy (non-hydrogen) atoms. The lowest BCUT2D eigenvalue weighted by Gasteiger charge is -2.21. The number of H-pyrrole nitrogens is 1.